The number of thiocarbonyl (C=S) groups is 1. The summed E-state index contributed by atoms with van der Waals surface area (Å²) in [4.78, 5) is 16.7. The maximum atomic E-state index is 13.0. The number of oxazole rings is 1. The maximum Gasteiger partial charge on any atom is 0.257 e. The van der Waals surface area contributed by atoms with Gasteiger partial charge in [-0.3, -0.25) is 10.1 Å². The van der Waals surface area contributed by atoms with E-state index in [2.05, 4.69) is 31.5 Å². The normalized spacial score (nSPS) is 10.7. The molecule has 0 aliphatic carbocycles. The Balaban J connectivity index is 1.49. The van der Waals surface area contributed by atoms with Crippen molar-refractivity contribution in [3.63, 3.8) is 0 Å². The number of nitrogens with one attached hydrogen (secondary N) is 2. The monoisotopic (exact) mass is 499 g/mol. The molecule has 1 aromatic heterocycles. The highest BCUT2D eigenvalue weighted by Gasteiger charge is 2.12. The molecule has 0 saturated carbocycles. The Morgan fingerprint density at radius 3 is 2.61 bits per heavy atom. The molecule has 1 amide bonds. The van der Waals surface area contributed by atoms with Crippen molar-refractivity contribution in [3.05, 3.63) is 76.5 Å². The minimum absolute atomic E-state index is 0.108. The fourth-order valence-corrected chi connectivity index (χ4v) is 3.62. The van der Waals surface area contributed by atoms with Crippen LogP contribution in [0.25, 0.3) is 22.6 Å². The Bertz CT molecular complexity index is 1290. The molecule has 6 nitrogen and oxygen atoms in total. The Labute approximate surface area is 190 Å². The van der Waals surface area contributed by atoms with E-state index in [1.54, 1.807) is 25.3 Å². The van der Waals surface area contributed by atoms with Crippen LogP contribution in [0.3, 0.4) is 0 Å². The molecule has 0 saturated heterocycles. The van der Waals surface area contributed by atoms with Crippen molar-refractivity contribution >= 4 is 56.0 Å². The molecule has 1 heterocycles. The van der Waals surface area contributed by atoms with Crippen LogP contribution in [0.5, 0.6) is 5.75 Å². The maximum absolute atomic E-state index is 13.0. The summed E-state index contributed by atoms with van der Waals surface area (Å²) in [6.45, 7) is 0. The first-order valence-corrected chi connectivity index (χ1v) is 10.3. The molecule has 0 unspecified atom stereocenters. The molecular weight excluding hydrogens is 485 g/mol. The molecule has 3 aromatic carbocycles. The summed E-state index contributed by atoms with van der Waals surface area (Å²) in [5.74, 6) is 0.317. The van der Waals surface area contributed by atoms with Gasteiger partial charge >= 0.3 is 0 Å². The Hall–Kier alpha value is -3.30. The number of carbonyl (C=O) groups excluding carboxylic acids is 1. The summed E-state index contributed by atoms with van der Waals surface area (Å²) in [5, 5.41) is 5.61. The average Bonchev–Trinajstić information content (AvgIpc) is 3.17. The molecule has 0 bridgehead atoms. The lowest BCUT2D eigenvalue weighted by Crippen LogP contribution is -2.34. The van der Waals surface area contributed by atoms with Gasteiger partial charge < -0.3 is 14.5 Å². The highest BCUT2D eigenvalue weighted by atomic mass is 79.9. The van der Waals surface area contributed by atoms with Crippen molar-refractivity contribution in [3.8, 4) is 17.2 Å². The SMILES string of the molecule is COc1ccc(-c2nc3cc(NC(=S)NC(=O)c4ccc(F)cc4)ccc3o2)cc1Br. The molecule has 0 radical (unpaired) electrons. The zero-order chi connectivity index (χ0) is 22.0. The van der Waals surface area contributed by atoms with E-state index in [-0.39, 0.29) is 5.11 Å². The number of anilines is 1. The summed E-state index contributed by atoms with van der Waals surface area (Å²) >= 11 is 8.66. The molecule has 0 aliphatic heterocycles. The van der Waals surface area contributed by atoms with Crippen molar-refractivity contribution in [2.75, 3.05) is 12.4 Å². The van der Waals surface area contributed by atoms with Crippen molar-refractivity contribution in [2.45, 2.75) is 0 Å². The number of rotatable bonds is 4. The van der Waals surface area contributed by atoms with Gasteiger partial charge in [0.25, 0.3) is 5.91 Å². The van der Waals surface area contributed by atoms with Crippen molar-refractivity contribution in [1.82, 2.24) is 10.3 Å². The van der Waals surface area contributed by atoms with E-state index in [4.69, 9.17) is 21.4 Å². The van der Waals surface area contributed by atoms with Crippen LogP contribution >= 0.6 is 28.1 Å². The van der Waals surface area contributed by atoms with E-state index in [9.17, 15) is 9.18 Å². The number of carbonyl (C=O) groups is 1. The highest BCUT2D eigenvalue weighted by Crippen LogP contribution is 2.32. The number of nitrogens with zero attached hydrogens (tertiary/aromatic N) is 1. The first-order valence-electron chi connectivity index (χ1n) is 9.05. The molecule has 9 heteroatoms. The van der Waals surface area contributed by atoms with Gasteiger partial charge in [-0.2, -0.15) is 0 Å². The quantitative estimate of drug-likeness (QED) is 0.359. The van der Waals surface area contributed by atoms with Crippen LogP contribution in [-0.4, -0.2) is 23.1 Å². The Morgan fingerprint density at radius 2 is 1.90 bits per heavy atom. The van der Waals surface area contributed by atoms with Crippen LogP contribution in [0.4, 0.5) is 10.1 Å². The van der Waals surface area contributed by atoms with E-state index in [1.807, 2.05) is 18.2 Å². The third-order valence-corrected chi connectivity index (χ3v) is 5.20. The molecule has 0 spiro atoms. The predicted octanol–water partition coefficient (Wildman–Crippen LogP) is 5.53. The number of halogens is 2. The molecule has 31 heavy (non-hydrogen) atoms. The van der Waals surface area contributed by atoms with E-state index < -0.39 is 11.7 Å². The van der Waals surface area contributed by atoms with E-state index >= 15 is 0 Å². The second kappa shape index (κ2) is 8.83. The first-order chi connectivity index (χ1) is 14.9. The van der Waals surface area contributed by atoms with Gasteiger partial charge in [0.15, 0.2) is 10.7 Å². The molecule has 0 fully saturated rings. The van der Waals surface area contributed by atoms with E-state index in [1.165, 1.54) is 24.3 Å². The minimum atomic E-state index is -0.438. The number of benzene rings is 3. The Morgan fingerprint density at radius 1 is 1.13 bits per heavy atom. The zero-order valence-electron chi connectivity index (χ0n) is 16.1. The molecule has 0 aliphatic rings. The van der Waals surface area contributed by atoms with Gasteiger partial charge in [-0.05, 0) is 88.8 Å². The number of ether oxygens (including phenoxy) is 1. The van der Waals surface area contributed by atoms with Crippen LogP contribution in [0.1, 0.15) is 10.4 Å². The highest BCUT2D eigenvalue weighted by molar-refractivity contribution is 9.10. The topological polar surface area (TPSA) is 76.4 Å². The first kappa shape index (κ1) is 21.0. The van der Waals surface area contributed by atoms with Gasteiger partial charge in [0, 0.05) is 16.8 Å². The zero-order valence-corrected chi connectivity index (χ0v) is 18.5. The van der Waals surface area contributed by atoms with Gasteiger partial charge in [-0.15, -0.1) is 0 Å². The lowest BCUT2D eigenvalue weighted by atomic mass is 10.2. The largest absolute Gasteiger partial charge is 0.496 e. The second-order valence-electron chi connectivity index (χ2n) is 6.47. The lowest BCUT2D eigenvalue weighted by Gasteiger charge is -2.09. The van der Waals surface area contributed by atoms with Crippen LogP contribution in [0.2, 0.25) is 0 Å². The molecular formula is C22H15BrFN3O3S. The van der Waals surface area contributed by atoms with E-state index in [0.29, 0.717) is 34.0 Å². The summed E-state index contributed by atoms with van der Waals surface area (Å²) < 4.78 is 24.9. The molecule has 4 rings (SSSR count). The van der Waals surface area contributed by atoms with Crippen LogP contribution < -0.4 is 15.4 Å². The average molecular weight is 500 g/mol. The molecule has 0 atom stereocenters. The number of hydrogen-bond donors (Lipinski definition) is 2. The second-order valence-corrected chi connectivity index (χ2v) is 7.73. The van der Waals surface area contributed by atoms with Gasteiger partial charge in [0.05, 0.1) is 11.6 Å². The molecule has 2 N–H and O–H groups in total. The molecule has 156 valence electrons. The third-order valence-electron chi connectivity index (χ3n) is 4.38. The standard InChI is InChI=1S/C22H15BrFN3O3S/c1-29-18-8-4-13(10-16(18)23)21-26-17-11-15(7-9-19(17)30-21)25-22(31)27-20(28)12-2-5-14(24)6-3-12/h2-11H,1H3,(H2,25,27,28,31). The fraction of sp³-hybridized carbons (Fsp3) is 0.0455. The number of fused-ring (bicyclic) bond motifs is 1. The molecule has 4 aromatic rings. The van der Waals surface area contributed by atoms with Gasteiger partial charge in [-0.1, -0.05) is 0 Å². The smallest absolute Gasteiger partial charge is 0.257 e. The summed E-state index contributed by atoms with van der Waals surface area (Å²) in [7, 11) is 1.60. The number of hydrogen-bond acceptors (Lipinski definition) is 5. The number of amides is 1. The van der Waals surface area contributed by atoms with Crippen LogP contribution in [0, 0.1) is 5.82 Å². The van der Waals surface area contributed by atoms with Gasteiger partial charge in [0.2, 0.25) is 5.89 Å². The van der Waals surface area contributed by atoms with Crippen LogP contribution in [-0.2, 0) is 0 Å². The minimum Gasteiger partial charge on any atom is -0.496 e. The van der Waals surface area contributed by atoms with Crippen molar-refractivity contribution in [1.29, 1.82) is 0 Å². The van der Waals surface area contributed by atoms with Gasteiger partial charge in [-0.25, -0.2) is 9.37 Å². The lowest BCUT2D eigenvalue weighted by molar-refractivity contribution is 0.0977. The van der Waals surface area contributed by atoms with Crippen molar-refractivity contribution < 1.29 is 18.3 Å². The van der Waals surface area contributed by atoms with Crippen LogP contribution in [0.15, 0.2) is 69.6 Å². The Kier molecular flexibility index (Phi) is 5.97. The summed E-state index contributed by atoms with van der Waals surface area (Å²) in [6.07, 6.45) is 0. The summed E-state index contributed by atoms with van der Waals surface area (Å²) in [6, 6.07) is 16.0. The number of methoxy groups -OCH3 is 1. The predicted molar refractivity (Wildman–Crippen MR) is 124 cm³/mol. The van der Waals surface area contributed by atoms with Gasteiger partial charge in [0.1, 0.15) is 17.1 Å². The van der Waals surface area contributed by atoms with E-state index in [0.717, 1.165) is 10.0 Å². The summed E-state index contributed by atoms with van der Waals surface area (Å²) in [5.41, 5.74) is 2.95. The third kappa shape index (κ3) is 4.73. The fourth-order valence-electron chi connectivity index (χ4n) is 2.87. The number of aromatic nitrogens is 1. The van der Waals surface area contributed by atoms with Crippen molar-refractivity contribution in [2.24, 2.45) is 0 Å².